The molecular weight excluding hydrogens is 274 g/mol. The van der Waals surface area contributed by atoms with Crippen LogP contribution in [0.15, 0.2) is 30.3 Å². The number of carbonyl (C=O) groups is 1. The molecule has 2 atom stereocenters. The standard InChI is InChI=1S/C18H19N3O/c1-12(22)20-11-10-19-8-6-14-13-4-2-3-5-15(13)21-9-7-16(20)18(19)17(14)21/h2-5,7,9,16,18H,6,8,10-11H2,1H3/t16-,18-/m1/s1. The lowest BCUT2D eigenvalue weighted by Gasteiger charge is -2.50. The van der Waals surface area contributed by atoms with Gasteiger partial charge in [-0.15, -0.1) is 0 Å². The Morgan fingerprint density at radius 1 is 1.18 bits per heavy atom. The van der Waals surface area contributed by atoms with E-state index in [1.807, 2.05) is 4.90 Å². The van der Waals surface area contributed by atoms with E-state index in [1.54, 1.807) is 6.92 Å². The van der Waals surface area contributed by atoms with Crippen LogP contribution < -0.4 is 0 Å². The molecule has 22 heavy (non-hydrogen) atoms. The van der Waals surface area contributed by atoms with Crippen LogP contribution in [0.25, 0.3) is 17.1 Å². The Hall–Kier alpha value is -2.07. The molecule has 3 aliphatic heterocycles. The SMILES string of the molecule is CC(=O)N1CCN2CCc3c4n(c5ccccc35)C=C[C@@H]1[C@H]42. The largest absolute Gasteiger partial charge is 0.333 e. The Bertz CT molecular complexity index is 819. The van der Waals surface area contributed by atoms with Gasteiger partial charge in [-0.3, -0.25) is 9.69 Å². The second-order valence-electron chi connectivity index (χ2n) is 6.53. The topological polar surface area (TPSA) is 28.5 Å². The Kier molecular flexibility index (Phi) is 2.40. The van der Waals surface area contributed by atoms with Crippen LogP contribution >= 0.6 is 0 Å². The first-order valence-electron chi connectivity index (χ1n) is 8.07. The van der Waals surface area contributed by atoms with E-state index < -0.39 is 0 Å². The van der Waals surface area contributed by atoms with Gasteiger partial charge in [-0.05, 0) is 24.1 Å². The molecule has 4 nitrogen and oxygen atoms in total. The van der Waals surface area contributed by atoms with Crippen molar-refractivity contribution in [2.24, 2.45) is 0 Å². The predicted molar refractivity (Wildman–Crippen MR) is 86.5 cm³/mol. The molecule has 0 aliphatic carbocycles. The minimum atomic E-state index is 0.183. The Labute approximate surface area is 129 Å². The number of benzene rings is 1. The number of amides is 1. The van der Waals surface area contributed by atoms with Crippen LogP contribution in [0.2, 0.25) is 0 Å². The zero-order chi connectivity index (χ0) is 14.8. The highest BCUT2D eigenvalue weighted by Gasteiger charge is 2.44. The van der Waals surface area contributed by atoms with Crippen LogP contribution in [0.1, 0.15) is 24.2 Å². The average molecular weight is 293 g/mol. The van der Waals surface area contributed by atoms with Crippen LogP contribution in [-0.4, -0.2) is 46.0 Å². The number of fused-ring (bicyclic) bond motifs is 3. The van der Waals surface area contributed by atoms with Gasteiger partial charge in [0.25, 0.3) is 0 Å². The zero-order valence-electron chi connectivity index (χ0n) is 12.7. The molecule has 1 saturated heterocycles. The summed E-state index contributed by atoms with van der Waals surface area (Å²) in [5.74, 6) is 0.186. The summed E-state index contributed by atoms with van der Waals surface area (Å²) >= 11 is 0. The summed E-state index contributed by atoms with van der Waals surface area (Å²) in [6.07, 6.45) is 5.50. The molecule has 0 N–H and O–H groups in total. The molecule has 0 unspecified atom stereocenters. The van der Waals surface area contributed by atoms with E-state index in [0.717, 1.165) is 26.1 Å². The van der Waals surface area contributed by atoms with Crippen molar-refractivity contribution in [2.75, 3.05) is 19.6 Å². The van der Waals surface area contributed by atoms with Gasteiger partial charge in [0.2, 0.25) is 5.91 Å². The third-order valence-electron chi connectivity index (χ3n) is 5.53. The molecule has 0 radical (unpaired) electrons. The number of carbonyl (C=O) groups excluding carboxylic acids is 1. The fourth-order valence-corrected chi connectivity index (χ4v) is 4.60. The van der Waals surface area contributed by atoms with Gasteiger partial charge >= 0.3 is 0 Å². The highest BCUT2D eigenvalue weighted by molar-refractivity contribution is 5.88. The summed E-state index contributed by atoms with van der Waals surface area (Å²) in [7, 11) is 0. The van der Waals surface area contributed by atoms with Crippen molar-refractivity contribution in [3.05, 3.63) is 41.6 Å². The van der Waals surface area contributed by atoms with Gasteiger partial charge in [0.05, 0.1) is 17.6 Å². The molecule has 3 aliphatic rings. The van der Waals surface area contributed by atoms with Gasteiger partial charge in [0.1, 0.15) is 0 Å². The Balaban J connectivity index is 1.77. The van der Waals surface area contributed by atoms with Gasteiger partial charge in [-0.25, -0.2) is 0 Å². The fraction of sp³-hybridized carbons (Fsp3) is 0.389. The summed E-state index contributed by atoms with van der Waals surface area (Å²) in [6.45, 7) is 4.62. The first kappa shape index (κ1) is 12.5. The summed E-state index contributed by atoms with van der Waals surface area (Å²) in [5.41, 5.74) is 4.19. The highest BCUT2D eigenvalue weighted by Crippen LogP contribution is 2.44. The molecule has 4 heterocycles. The fourth-order valence-electron chi connectivity index (χ4n) is 4.60. The molecule has 2 aromatic rings. The van der Waals surface area contributed by atoms with Crippen molar-refractivity contribution < 1.29 is 4.79 Å². The second kappa shape index (κ2) is 4.23. The van der Waals surface area contributed by atoms with Crippen LogP contribution in [0.5, 0.6) is 0 Å². The van der Waals surface area contributed by atoms with Gasteiger partial charge in [0, 0.05) is 43.8 Å². The van der Waals surface area contributed by atoms with E-state index in [2.05, 4.69) is 46.0 Å². The molecule has 112 valence electrons. The van der Waals surface area contributed by atoms with Gasteiger partial charge < -0.3 is 9.47 Å². The number of hydrogen-bond donors (Lipinski definition) is 0. The van der Waals surface area contributed by atoms with Crippen molar-refractivity contribution in [1.82, 2.24) is 14.4 Å². The van der Waals surface area contributed by atoms with Gasteiger partial charge in [0.15, 0.2) is 0 Å². The zero-order valence-corrected chi connectivity index (χ0v) is 12.7. The molecule has 1 fully saturated rings. The number of hydrogen-bond acceptors (Lipinski definition) is 2. The second-order valence-corrected chi connectivity index (χ2v) is 6.53. The molecular formula is C18H19N3O. The lowest BCUT2D eigenvalue weighted by Crippen LogP contribution is -2.58. The summed E-state index contributed by atoms with van der Waals surface area (Å²) in [4.78, 5) is 16.6. The van der Waals surface area contributed by atoms with Crippen LogP contribution in [0, 0.1) is 0 Å². The molecule has 5 rings (SSSR count). The van der Waals surface area contributed by atoms with Gasteiger partial charge in [-0.1, -0.05) is 18.2 Å². The van der Waals surface area contributed by atoms with E-state index in [1.165, 1.54) is 22.2 Å². The third kappa shape index (κ3) is 1.43. The molecule has 1 aromatic carbocycles. The van der Waals surface area contributed by atoms with Crippen LogP contribution in [-0.2, 0) is 11.2 Å². The highest BCUT2D eigenvalue weighted by atomic mass is 16.2. The molecule has 1 amide bonds. The number of aromatic nitrogens is 1. The van der Waals surface area contributed by atoms with E-state index in [4.69, 9.17) is 0 Å². The first-order valence-corrected chi connectivity index (χ1v) is 8.07. The Morgan fingerprint density at radius 3 is 2.91 bits per heavy atom. The minimum Gasteiger partial charge on any atom is -0.333 e. The summed E-state index contributed by atoms with van der Waals surface area (Å²) < 4.78 is 2.35. The molecule has 4 heteroatoms. The number of nitrogens with zero attached hydrogens (tertiary/aromatic N) is 3. The number of piperazine rings is 1. The van der Waals surface area contributed by atoms with Crippen molar-refractivity contribution >= 4 is 23.0 Å². The van der Waals surface area contributed by atoms with Gasteiger partial charge in [-0.2, -0.15) is 0 Å². The number of para-hydroxylation sites is 1. The average Bonchev–Trinajstić information content (AvgIpc) is 2.88. The van der Waals surface area contributed by atoms with Crippen LogP contribution in [0.3, 0.4) is 0 Å². The minimum absolute atomic E-state index is 0.183. The number of rotatable bonds is 0. The quantitative estimate of drug-likeness (QED) is 0.745. The predicted octanol–water partition coefficient (Wildman–Crippen LogP) is 2.26. The maximum absolute atomic E-state index is 12.0. The van der Waals surface area contributed by atoms with Crippen molar-refractivity contribution in [1.29, 1.82) is 0 Å². The van der Waals surface area contributed by atoms with E-state index >= 15 is 0 Å². The first-order chi connectivity index (χ1) is 10.8. The molecule has 0 saturated carbocycles. The maximum Gasteiger partial charge on any atom is 0.220 e. The van der Waals surface area contributed by atoms with E-state index in [-0.39, 0.29) is 11.9 Å². The molecule has 0 spiro atoms. The Morgan fingerprint density at radius 2 is 2.05 bits per heavy atom. The lowest BCUT2D eigenvalue weighted by molar-refractivity contribution is -0.134. The smallest absolute Gasteiger partial charge is 0.220 e. The van der Waals surface area contributed by atoms with E-state index in [9.17, 15) is 4.79 Å². The normalized spacial score (nSPS) is 26.3. The maximum atomic E-state index is 12.0. The van der Waals surface area contributed by atoms with Crippen LogP contribution in [0.4, 0.5) is 0 Å². The lowest BCUT2D eigenvalue weighted by atomic mass is 9.88. The van der Waals surface area contributed by atoms with E-state index in [0.29, 0.717) is 6.04 Å². The van der Waals surface area contributed by atoms with Crippen molar-refractivity contribution in [2.45, 2.75) is 25.4 Å². The summed E-state index contributed by atoms with van der Waals surface area (Å²) in [5, 5.41) is 1.38. The monoisotopic (exact) mass is 293 g/mol. The molecule has 0 bridgehead atoms. The summed E-state index contributed by atoms with van der Waals surface area (Å²) in [6, 6.07) is 9.17. The van der Waals surface area contributed by atoms with Crippen molar-refractivity contribution in [3.63, 3.8) is 0 Å². The van der Waals surface area contributed by atoms with Crippen molar-refractivity contribution in [3.8, 4) is 0 Å². The molecule has 1 aromatic heterocycles. The third-order valence-corrected chi connectivity index (χ3v) is 5.53.